The molecule has 0 unspecified atom stereocenters. The summed E-state index contributed by atoms with van der Waals surface area (Å²) in [6.07, 6.45) is 0.771. The lowest BCUT2D eigenvalue weighted by molar-refractivity contribution is 0.556. The fraction of sp³-hybridized carbons (Fsp3) is 0.286. The Morgan fingerprint density at radius 1 is 1.11 bits per heavy atom. The molecule has 4 heteroatoms. The topological polar surface area (TPSA) is 46.2 Å². The zero-order valence-corrected chi connectivity index (χ0v) is 11.4. The molecule has 0 amide bonds. The lowest BCUT2D eigenvalue weighted by Gasteiger charge is -2.12. The van der Waals surface area contributed by atoms with Gasteiger partial charge < -0.3 is 0 Å². The first-order chi connectivity index (χ1) is 8.53. The number of sulfonamides is 1. The zero-order chi connectivity index (χ0) is 13.2. The Morgan fingerprint density at radius 3 is 2.44 bits per heavy atom. The first-order valence-electron chi connectivity index (χ1n) is 6.04. The molecule has 0 aliphatic heterocycles. The Labute approximate surface area is 108 Å². The average molecular weight is 263 g/mol. The van der Waals surface area contributed by atoms with Crippen molar-refractivity contribution in [2.24, 2.45) is 0 Å². The molecule has 1 atom stereocenters. The second-order valence-corrected chi connectivity index (χ2v) is 6.15. The smallest absolute Gasteiger partial charge is 0.208 e. The fourth-order valence-electron chi connectivity index (χ4n) is 1.75. The molecule has 0 heterocycles. The van der Waals surface area contributed by atoms with E-state index in [1.807, 2.05) is 44.2 Å². The zero-order valence-electron chi connectivity index (χ0n) is 10.6. The van der Waals surface area contributed by atoms with Crippen LogP contribution in [0.1, 0.15) is 20.3 Å². The summed E-state index contributed by atoms with van der Waals surface area (Å²) in [5.74, 6) is 0. The van der Waals surface area contributed by atoms with Crippen LogP contribution in [0, 0.1) is 0 Å². The fourth-order valence-corrected chi connectivity index (χ4v) is 3.11. The van der Waals surface area contributed by atoms with Crippen molar-refractivity contribution < 1.29 is 8.42 Å². The molecule has 0 radical (unpaired) electrons. The Bertz CT molecular complexity index is 650. The van der Waals surface area contributed by atoms with E-state index >= 15 is 0 Å². The highest BCUT2D eigenvalue weighted by Crippen LogP contribution is 2.19. The van der Waals surface area contributed by atoms with E-state index < -0.39 is 10.0 Å². The van der Waals surface area contributed by atoms with Crippen LogP contribution in [0.25, 0.3) is 10.8 Å². The minimum absolute atomic E-state index is 0.0542. The number of fused-ring (bicyclic) bond motifs is 1. The van der Waals surface area contributed by atoms with Crippen molar-refractivity contribution in [1.82, 2.24) is 4.72 Å². The number of nitrogens with one attached hydrogen (secondary N) is 1. The maximum absolute atomic E-state index is 12.1. The number of hydrogen-bond acceptors (Lipinski definition) is 2. The molecule has 96 valence electrons. The van der Waals surface area contributed by atoms with Crippen LogP contribution in [0.15, 0.2) is 47.4 Å². The molecular weight excluding hydrogens is 246 g/mol. The Morgan fingerprint density at radius 2 is 1.78 bits per heavy atom. The van der Waals surface area contributed by atoms with E-state index in [1.54, 1.807) is 12.1 Å². The molecule has 3 nitrogen and oxygen atoms in total. The summed E-state index contributed by atoms with van der Waals surface area (Å²) < 4.78 is 26.9. The van der Waals surface area contributed by atoms with Gasteiger partial charge in [0.15, 0.2) is 0 Å². The minimum atomic E-state index is -3.41. The molecule has 18 heavy (non-hydrogen) atoms. The van der Waals surface area contributed by atoms with E-state index in [4.69, 9.17) is 0 Å². The predicted molar refractivity (Wildman–Crippen MR) is 74.0 cm³/mol. The van der Waals surface area contributed by atoms with Gasteiger partial charge in [-0.1, -0.05) is 37.3 Å². The van der Waals surface area contributed by atoms with Crippen molar-refractivity contribution in [3.63, 3.8) is 0 Å². The van der Waals surface area contributed by atoms with E-state index in [1.165, 1.54) is 0 Å². The summed E-state index contributed by atoms with van der Waals surface area (Å²) >= 11 is 0. The van der Waals surface area contributed by atoms with Crippen LogP contribution in [0.2, 0.25) is 0 Å². The van der Waals surface area contributed by atoms with Crippen LogP contribution >= 0.6 is 0 Å². The normalized spacial score (nSPS) is 13.7. The highest BCUT2D eigenvalue weighted by atomic mass is 32.2. The minimum Gasteiger partial charge on any atom is -0.208 e. The maximum atomic E-state index is 12.1. The van der Waals surface area contributed by atoms with Crippen molar-refractivity contribution in [2.45, 2.75) is 31.2 Å². The maximum Gasteiger partial charge on any atom is 0.240 e. The summed E-state index contributed by atoms with van der Waals surface area (Å²) in [6, 6.07) is 12.9. The van der Waals surface area contributed by atoms with E-state index in [2.05, 4.69) is 4.72 Å². The van der Waals surface area contributed by atoms with Crippen molar-refractivity contribution in [1.29, 1.82) is 0 Å². The quantitative estimate of drug-likeness (QED) is 0.922. The molecule has 0 aliphatic carbocycles. The molecule has 0 aliphatic rings. The van der Waals surface area contributed by atoms with Gasteiger partial charge in [-0.2, -0.15) is 0 Å². The van der Waals surface area contributed by atoms with Crippen LogP contribution in [-0.2, 0) is 10.0 Å². The molecule has 2 aromatic carbocycles. The standard InChI is InChI=1S/C14H17NO2S/c1-3-11(2)15-18(16,17)14-9-8-12-6-4-5-7-13(12)10-14/h4-11,15H,3H2,1-2H3/t11-/m1/s1. The Kier molecular flexibility index (Phi) is 3.68. The summed E-state index contributed by atoms with van der Waals surface area (Å²) in [5.41, 5.74) is 0. The van der Waals surface area contributed by atoms with Gasteiger partial charge >= 0.3 is 0 Å². The van der Waals surface area contributed by atoms with Crippen LogP contribution in [0.3, 0.4) is 0 Å². The molecule has 0 fully saturated rings. The summed E-state index contributed by atoms with van der Waals surface area (Å²) in [4.78, 5) is 0.321. The number of benzene rings is 2. The lowest BCUT2D eigenvalue weighted by Crippen LogP contribution is -2.31. The van der Waals surface area contributed by atoms with E-state index in [0.29, 0.717) is 4.90 Å². The number of rotatable bonds is 4. The van der Waals surface area contributed by atoms with Gasteiger partial charge in [0.1, 0.15) is 0 Å². The van der Waals surface area contributed by atoms with Crippen LogP contribution in [-0.4, -0.2) is 14.5 Å². The lowest BCUT2D eigenvalue weighted by atomic mass is 10.1. The average Bonchev–Trinajstić information content (AvgIpc) is 2.37. The molecule has 2 aromatic rings. The SMILES string of the molecule is CC[C@@H](C)NS(=O)(=O)c1ccc2ccccc2c1. The molecule has 1 N–H and O–H groups in total. The van der Waals surface area contributed by atoms with Crippen molar-refractivity contribution in [3.8, 4) is 0 Å². The number of hydrogen-bond donors (Lipinski definition) is 1. The second kappa shape index (κ2) is 5.08. The van der Waals surface area contributed by atoms with Crippen LogP contribution < -0.4 is 4.72 Å². The van der Waals surface area contributed by atoms with Gasteiger partial charge in [-0.25, -0.2) is 13.1 Å². The highest BCUT2D eigenvalue weighted by Gasteiger charge is 2.16. The van der Waals surface area contributed by atoms with Crippen molar-refractivity contribution in [3.05, 3.63) is 42.5 Å². The van der Waals surface area contributed by atoms with Gasteiger partial charge in [-0.05, 0) is 36.2 Å². The molecule has 0 bridgehead atoms. The predicted octanol–water partition coefficient (Wildman–Crippen LogP) is 2.92. The van der Waals surface area contributed by atoms with Crippen LogP contribution in [0.5, 0.6) is 0 Å². The van der Waals surface area contributed by atoms with Gasteiger partial charge in [0.2, 0.25) is 10.0 Å². The monoisotopic (exact) mass is 263 g/mol. The molecule has 0 saturated carbocycles. The van der Waals surface area contributed by atoms with Gasteiger partial charge in [-0.15, -0.1) is 0 Å². The van der Waals surface area contributed by atoms with Gasteiger partial charge in [0, 0.05) is 6.04 Å². The van der Waals surface area contributed by atoms with Crippen LogP contribution in [0.4, 0.5) is 0 Å². The third-order valence-electron chi connectivity index (χ3n) is 3.00. The third kappa shape index (κ3) is 2.71. The molecule has 2 rings (SSSR count). The third-order valence-corrected chi connectivity index (χ3v) is 4.59. The largest absolute Gasteiger partial charge is 0.240 e. The molecular formula is C14H17NO2S. The molecule has 0 spiro atoms. The Balaban J connectivity index is 2.41. The Hall–Kier alpha value is -1.39. The van der Waals surface area contributed by atoms with Crippen molar-refractivity contribution >= 4 is 20.8 Å². The van der Waals surface area contributed by atoms with E-state index in [0.717, 1.165) is 17.2 Å². The van der Waals surface area contributed by atoms with E-state index in [-0.39, 0.29) is 6.04 Å². The molecule has 0 aromatic heterocycles. The summed E-state index contributed by atoms with van der Waals surface area (Å²) in [6.45, 7) is 3.81. The first kappa shape index (κ1) is 13.1. The van der Waals surface area contributed by atoms with Gasteiger partial charge in [0.25, 0.3) is 0 Å². The second-order valence-electron chi connectivity index (χ2n) is 4.44. The highest BCUT2D eigenvalue weighted by molar-refractivity contribution is 7.89. The van der Waals surface area contributed by atoms with E-state index in [9.17, 15) is 8.42 Å². The molecule has 0 saturated heterocycles. The summed E-state index contributed by atoms with van der Waals surface area (Å²) in [5, 5.41) is 1.98. The van der Waals surface area contributed by atoms with Gasteiger partial charge in [-0.3, -0.25) is 0 Å². The summed E-state index contributed by atoms with van der Waals surface area (Å²) in [7, 11) is -3.41. The first-order valence-corrected chi connectivity index (χ1v) is 7.52. The van der Waals surface area contributed by atoms with Gasteiger partial charge in [0.05, 0.1) is 4.90 Å². The van der Waals surface area contributed by atoms with Crippen molar-refractivity contribution in [2.75, 3.05) is 0 Å².